The number of para-hydroxylation sites is 1. The summed E-state index contributed by atoms with van der Waals surface area (Å²) in [5, 5.41) is 16.8. The smallest absolute Gasteiger partial charge is 0.326 e. The van der Waals surface area contributed by atoms with Crippen LogP contribution in [0.1, 0.15) is 44.7 Å². The van der Waals surface area contributed by atoms with Crippen molar-refractivity contribution in [2.24, 2.45) is 0 Å². The van der Waals surface area contributed by atoms with Gasteiger partial charge in [-0.2, -0.15) is 0 Å². The maximum Gasteiger partial charge on any atom is 0.326 e. The third kappa shape index (κ3) is 9.03. The lowest BCUT2D eigenvalue weighted by molar-refractivity contribution is -0.137. The number of ether oxygens (including phenoxy) is 1. The second kappa shape index (κ2) is 15.5. The van der Waals surface area contributed by atoms with Gasteiger partial charge in [0.05, 0.1) is 6.61 Å². The maximum atomic E-state index is 13.0. The van der Waals surface area contributed by atoms with E-state index in [2.05, 4.69) is 10.6 Å². The monoisotopic (exact) mass is 584 g/mol. The Bertz CT molecular complexity index is 1490. The van der Waals surface area contributed by atoms with Crippen molar-refractivity contribution >= 4 is 34.8 Å². The van der Waals surface area contributed by atoms with Crippen molar-refractivity contribution in [1.82, 2.24) is 5.32 Å². The van der Waals surface area contributed by atoms with Crippen molar-refractivity contribution < 1.29 is 24.2 Å². The molecule has 7 nitrogen and oxygen atoms in total. The van der Waals surface area contributed by atoms with E-state index in [1.165, 1.54) is 0 Å². The van der Waals surface area contributed by atoms with Crippen molar-refractivity contribution in [2.45, 2.75) is 25.3 Å². The Morgan fingerprint density at radius 2 is 1.52 bits per heavy atom. The molecule has 216 valence electrons. The molecular formula is C34H33ClN2O5. The third-order valence-corrected chi connectivity index (χ3v) is 6.88. The van der Waals surface area contributed by atoms with Gasteiger partial charge in [-0.05, 0) is 54.9 Å². The van der Waals surface area contributed by atoms with Crippen molar-refractivity contribution in [2.75, 3.05) is 25.0 Å². The van der Waals surface area contributed by atoms with E-state index >= 15 is 0 Å². The first-order valence-electron chi connectivity index (χ1n) is 13.8. The fourth-order valence-corrected chi connectivity index (χ4v) is 4.61. The lowest BCUT2D eigenvalue weighted by Gasteiger charge is -2.18. The molecule has 0 aromatic heterocycles. The van der Waals surface area contributed by atoms with Crippen LogP contribution in [0.25, 0.3) is 0 Å². The molecule has 0 aliphatic heterocycles. The van der Waals surface area contributed by atoms with Crippen LogP contribution in [-0.4, -0.2) is 48.4 Å². The number of nitrogens with one attached hydrogen (secondary N) is 2. The molecule has 0 saturated heterocycles. The highest BCUT2D eigenvalue weighted by Crippen LogP contribution is 2.22. The van der Waals surface area contributed by atoms with E-state index in [4.69, 9.17) is 16.3 Å². The van der Waals surface area contributed by atoms with Gasteiger partial charge in [-0.25, -0.2) is 4.79 Å². The van der Waals surface area contributed by atoms with Gasteiger partial charge < -0.3 is 20.5 Å². The second-order valence-electron chi connectivity index (χ2n) is 9.76. The summed E-state index contributed by atoms with van der Waals surface area (Å²) in [5.74, 6) is -0.454. The molecule has 0 radical (unpaired) electrons. The number of hydrogen-bond acceptors (Lipinski definition) is 6. The number of carboxylic acid groups (broad SMARTS) is 1. The molecule has 0 fully saturated rings. The second-order valence-corrected chi connectivity index (χ2v) is 10.2. The van der Waals surface area contributed by atoms with E-state index in [0.29, 0.717) is 59.3 Å². The highest BCUT2D eigenvalue weighted by molar-refractivity contribution is 6.31. The predicted octanol–water partition coefficient (Wildman–Crippen LogP) is 6.31. The molecule has 0 aliphatic rings. The minimum Gasteiger partial charge on any atom is -0.494 e. The zero-order valence-corrected chi connectivity index (χ0v) is 23.8. The number of carbonyl (C=O) groups excluding carboxylic acids is 2. The summed E-state index contributed by atoms with van der Waals surface area (Å²) in [6, 6.07) is 29.2. The minimum atomic E-state index is -1.01. The van der Waals surface area contributed by atoms with Crippen LogP contribution in [0.3, 0.4) is 0 Å². The molecule has 4 rings (SSSR count). The number of carbonyl (C=O) groups is 3. The number of carboxylic acids is 1. The molecule has 0 spiro atoms. The number of benzene rings is 4. The molecular weight excluding hydrogens is 552 g/mol. The number of ketones is 2. The molecule has 3 N–H and O–H groups in total. The number of hydrogen-bond donors (Lipinski definition) is 3. The van der Waals surface area contributed by atoms with Crippen LogP contribution in [0.5, 0.6) is 5.75 Å². The average Bonchev–Trinajstić information content (AvgIpc) is 3.01. The molecule has 0 bridgehead atoms. The average molecular weight is 585 g/mol. The Balaban J connectivity index is 1.22. The number of rotatable bonds is 16. The highest BCUT2D eigenvalue weighted by Gasteiger charge is 2.21. The van der Waals surface area contributed by atoms with Crippen LogP contribution < -0.4 is 15.4 Å². The quantitative estimate of drug-likeness (QED) is 0.105. The fraction of sp³-hybridized carbons (Fsp3) is 0.206. The molecule has 8 heteroatoms. The van der Waals surface area contributed by atoms with Crippen molar-refractivity contribution in [3.63, 3.8) is 0 Å². The molecule has 4 aromatic carbocycles. The molecule has 0 amide bonds. The molecule has 0 aliphatic carbocycles. The van der Waals surface area contributed by atoms with Gasteiger partial charge in [-0.3, -0.25) is 9.59 Å². The Hall–Kier alpha value is -4.46. The summed E-state index contributed by atoms with van der Waals surface area (Å²) in [6.07, 6.45) is 1.38. The summed E-state index contributed by atoms with van der Waals surface area (Å²) < 4.78 is 5.81. The van der Waals surface area contributed by atoms with E-state index in [-0.39, 0.29) is 18.0 Å². The normalized spacial score (nSPS) is 11.5. The van der Waals surface area contributed by atoms with E-state index in [9.17, 15) is 19.5 Å². The van der Waals surface area contributed by atoms with E-state index in [0.717, 1.165) is 12.0 Å². The zero-order valence-electron chi connectivity index (χ0n) is 23.1. The van der Waals surface area contributed by atoms with E-state index in [1.807, 2.05) is 30.3 Å². The number of halogens is 1. The van der Waals surface area contributed by atoms with Gasteiger partial charge in [-0.1, -0.05) is 78.3 Å². The van der Waals surface area contributed by atoms with Gasteiger partial charge in [0, 0.05) is 46.8 Å². The van der Waals surface area contributed by atoms with Crippen molar-refractivity contribution in [3.8, 4) is 5.75 Å². The van der Waals surface area contributed by atoms with Crippen LogP contribution in [0, 0.1) is 0 Å². The van der Waals surface area contributed by atoms with Crippen LogP contribution in [0.15, 0.2) is 103 Å². The zero-order chi connectivity index (χ0) is 29.7. The number of anilines is 1. The minimum absolute atomic E-state index is 0.0477. The number of aliphatic carboxylic acids is 1. The fourth-order valence-electron chi connectivity index (χ4n) is 4.42. The molecule has 1 unspecified atom stereocenters. The first kappa shape index (κ1) is 30.5. The van der Waals surface area contributed by atoms with Crippen molar-refractivity contribution in [3.05, 3.63) is 130 Å². The van der Waals surface area contributed by atoms with Gasteiger partial charge in [-0.15, -0.1) is 0 Å². The summed E-state index contributed by atoms with van der Waals surface area (Å²) in [7, 11) is 0. The third-order valence-electron chi connectivity index (χ3n) is 6.64. The Morgan fingerprint density at radius 1 is 0.810 bits per heavy atom. The lowest BCUT2D eigenvalue weighted by Crippen LogP contribution is -2.32. The molecule has 42 heavy (non-hydrogen) atoms. The Labute approximate surface area is 250 Å². The summed E-state index contributed by atoms with van der Waals surface area (Å²) >= 11 is 5.95. The summed E-state index contributed by atoms with van der Waals surface area (Å²) in [4.78, 5) is 37.4. The molecule has 0 saturated carbocycles. The lowest BCUT2D eigenvalue weighted by atomic mass is 10.00. The Kier molecular flexibility index (Phi) is 11.3. The molecule has 1 atom stereocenters. The standard InChI is InChI=1S/C34H33ClN2O5/c35-27-11-6-10-26(23-27)32(38)18-20-36-19-7-21-42-28-16-14-24(15-17-28)22-31(34(40)41)37-30-13-5-4-12-29(30)33(39)25-8-2-1-3-9-25/h1-6,8-17,23,31,36-37H,7,18-22H2,(H,40,41). The van der Waals surface area contributed by atoms with Crippen LogP contribution >= 0.6 is 11.6 Å². The van der Waals surface area contributed by atoms with E-state index in [1.54, 1.807) is 72.8 Å². The highest BCUT2D eigenvalue weighted by atomic mass is 35.5. The van der Waals surface area contributed by atoms with Crippen LogP contribution in [-0.2, 0) is 11.2 Å². The van der Waals surface area contributed by atoms with Crippen LogP contribution in [0.4, 0.5) is 5.69 Å². The Morgan fingerprint density at radius 3 is 2.26 bits per heavy atom. The number of Topliss-reactive ketones (excluding diaryl/α,β-unsaturated/α-hetero) is 1. The maximum absolute atomic E-state index is 13.0. The largest absolute Gasteiger partial charge is 0.494 e. The summed E-state index contributed by atoms with van der Waals surface area (Å²) in [6.45, 7) is 1.78. The van der Waals surface area contributed by atoms with Crippen LogP contribution in [0.2, 0.25) is 5.02 Å². The topological polar surface area (TPSA) is 105 Å². The predicted molar refractivity (Wildman–Crippen MR) is 165 cm³/mol. The molecule has 4 aromatic rings. The van der Waals surface area contributed by atoms with Gasteiger partial charge in [0.2, 0.25) is 0 Å². The molecule has 0 heterocycles. The van der Waals surface area contributed by atoms with Crippen molar-refractivity contribution in [1.29, 1.82) is 0 Å². The SMILES string of the molecule is O=C(CCNCCCOc1ccc(CC(Nc2ccccc2C(=O)c2ccccc2)C(=O)O)cc1)c1cccc(Cl)c1. The van der Waals surface area contributed by atoms with Gasteiger partial charge in [0.25, 0.3) is 0 Å². The first-order valence-corrected chi connectivity index (χ1v) is 14.2. The summed E-state index contributed by atoms with van der Waals surface area (Å²) in [5.41, 5.74) is 2.86. The van der Waals surface area contributed by atoms with Gasteiger partial charge >= 0.3 is 5.97 Å². The first-order chi connectivity index (χ1) is 20.4. The van der Waals surface area contributed by atoms with Gasteiger partial charge in [0.15, 0.2) is 11.6 Å². The van der Waals surface area contributed by atoms with E-state index < -0.39 is 12.0 Å². The van der Waals surface area contributed by atoms with Gasteiger partial charge in [0.1, 0.15) is 11.8 Å².